The van der Waals surface area contributed by atoms with Crippen molar-refractivity contribution in [3.63, 3.8) is 0 Å². The van der Waals surface area contributed by atoms with Gasteiger partial charge in [-0.05, 0) is 61.6 Å². The van der Waals surface area contributed by atoms with Crippen molar-refractivity contribution in [1.29, 1.82) is 0 Å². The SMILES string of the molecule is CC(C)c1ccccc1O[C@@H](C)C(=O)NCCOc1ccc(S(=O)(=O)N2CCCCC2)cc1. The molecule has 0 radical (unpaired) electrons. The van der Waals surface area contributed by atoms with Crippen LogP contribution >= 0.6 is 0 Å². The van der Waals surface area contributed by atoms with E-state index in [0.717, 1.165) is 24.8 Å². The smallest absolute Gasteiger partial charge is 0.260 e. The number of amides is 1. The van der Waals surface area contributed by atoms with Crippen molar-refractivity contribution in [1.82, 2.24) is 9.62 Å². The maximum atomic E-state index is 12.7. The second-order valence-corrected chi connectivity index (χ2v) is 10.5. The van der Waals surface area contributed by atoms with Crippen molar-refractivity contribution >= 4 is 15.9 Å². The molecule has 2 aromatic carbocycles. The molecule has 1 aliphatic rings. The number of sulfonamides is 1. The molecule has 1 aliphatic heterocycles. The number of benzene rings is 2. The Labute approximate surface area is 197 Å². The van der Waals surface area contributed by atoms with Crippen molar-refractivity contribution in [2.75, 3.05) is 26.2 Å². The fourth-order valence-electron chi connectivity index (χ4n) is 3.76. The number of hydrogen-bond acceptors (Lipinski definition) is 5. The highest BCUT2D eigenvalue weighted by Crippen LogP contribution is 2.27. The van der Waals surface area contributed by atoms with E-state index in [-0.39, 0.29) is 17.4 Å². The fourth-order valence-corrected chi connectivity index (χ4v) is 5.27. The Hall–Kier alpha value is -2.58. The Bertz CT molecular complexity index is 1020. The molecule has 0 saturated carbocycles. The number of carbonyl (C=O) groups is 1. The van der Waals surface area contributed by atoms with Crippen LogP contribution in [0.15, 0.2) is 53.4 Å². The number of ether oxygens (including phenoxy) is 2. The number of piperidine rings is 1. The van der Waals surface area contributed by atoms with E-state index in [0.29, 0.717) is 37.1 Å². The van der Waals surface area contributed by atoms with E-state index in [1.807, 2.05) is 24.3 Å². The van der Waals surface area contributed by atoms with Gasteiger partial charge in [0.05, 0.1) is 11.4 Å². The van der Waals surface area contributed by atoms with Crippen LogP contribution in [0.5, 0.6) is 11.5 Å². The molecular formula is C25H34N2O5S. The molecule has 2 aromatic rings. The van der Waals surface area contributed by atoms with Gasteiger partial charge in [0.15, 0.2) is 6.10 Å². The molecule has 1 atom stereocenters. The summed E-state index contributed by atoms with van der Waals surface area (Å²) in [4.78, 5) is 12.7. The second-order valence-electron chi connectivity index (χ2n) is 8.53. The van der Waals surface area contributed by atoms with Crippen LogP contribution in [0.1, 0.15) is 51.5 Å². The van der Waals surface area contributed by atoms with Crippen LogP contribution in [-0.4, -0.2) is 51.0 Å². The predicted molar refractivity (Wildman–Crippen MR) is 128 cm³/mol. The molecule has 33 heavy (non-hydrogen) atoms. The van der Waals surface area contributed by atoms with E-state index in [2.05, 4.69) is 19.2 Å². The molecule has 1 saturated heterocycles. The molecule has 1 N–H and O–H groups in total. The fraction of sp³-hybridized carbons (Fsp3) is 0.480. The highest BCUT2D eigenvalue weighted by Gasteiger charge is 2.25. The average Bonchev–Trinajstić information content (AvgIpc) is 2.82. The molecule has 1 heterocycles. The number of nitrogens with one attached hydrogen (secondary N) is 1. The molecule has 0 aliphatic carbocycles. The lowest BCUT2D eigenvalue weighted by molar-refractivity contribution is -0.127. The number of para-hydroxylation sites is 1. The third-order valence-corrected chi connectivity index (χ3v) is 7.57. The zero-order chi connectivity index (χ0) is 23.8. The lowest BCUT2D eigenvalue weighted by atomic mass is 10.0. The summed E-state index contributed by atoms with van der Waals surface area (Å²) in [6, 6.07) is 14.2. The molecule has 3 rings (SSSR count). The van der Waals surface area contributed by atoms with E-state index < -0.39 is 16.1 Å². The lowest BCUT2D eigenvalue weighted by Crippen LogP contribution is -2.38. The molecule has 0 unspecified atom stereocenters. The number of carbonyl (C=O) groups excluding carboxylic acids is 1. The largest absolute Gasteiger partial charge is 0.492 e. The molecule has 8 heteroatoms. The summed E-state index contributed by atoms with van der Waals surface area (Å²) in [6.45, 7) is 7.61. The van der Waals surface area contributed by atoms with Crippen LogP contribution in [-0.2, 0) is 14.8 Å². The van der Waals surface area contributed by atoms with Crippen LogP contribution in [0.25, 0.3) is 0 Å². The minimum Gasteiger partial charge on any atom is -0.492 e. The van der Waals surface area contributed by atoms with Crippen molar-refractivity contribution in [3.8, 4) is 11.5 Å². The zero-order valence-corrected chi connectivity index (χ0v) is 20.4. The molecule has 0 aromatic heterocycles. The quantitative estimate of drug-likeness (QED) is 0.527. The first-order chi connectivity index (χ1) is 15.8. The summed E-state index contributed by atoms with van der Waals surface area (Å²) in [5.41, 5.74) is 1.06. The molecule has 180 valence electrons. The first kappa shape index (κ1) is 25.1. The monoisotopic (exact) mass is 474 g/mol. The van der Waals surface area contributed by atoms with Crippen molar-refractivity contribution in [2.24, 2.45) is 0 Å². The number of hydrogen-bond donors (Lipinski definition) is 1. The van der Waals surface area contributed by atoms with Crippen LogP contribution in [0.3, 0.4) is 0 Å². The lowest BCUT2D eigenvalue weighted by Gasteiger charge is -2.25. The topological polar surface area (TPSA) is 84.9 Å². The Morgan fingerprint density at radius 2 is 1.67 bits per heavy atom. The summed E-state index contributed by atoms with van der Waals surface area (Å²) in [7, 11) is -3.45. The van der Waals surface area contributed by atoms with Gasteiger partial charge in [-0.15, -0.1) is 0 Å². The van der Waals surface area contributed by atoms with Gasteiger partial charge in [0, 0.05) is 13.1 Å². The van der Waals surface area contributed by atoms with Crippen LogP contribution in [0.2, 0.25) is 0 Å². The minimum atomic E-state index is -3.45. The van der Waals surface area contributed by atoms with E-state index in [1.54, 1.807) is 35.5 Å². The van der Waals surface area contributed by atoms with Gasteiger partial charge in [0.2, 0.25) is 10.0 Å². The first-order valence-corrected chi connectivity index (χ1v) is 13.0. The summed E-state index contributed by atoms with van der Waals surface area (Å²) < 4.78 is 38.5. The highest BCUT2D eigenvalue weighted by molar-refractivity contribution is 7.89. The highest BCUT2D eigenvalue weighted by atomic mass is 32.2. The molecule has 7 nitrogen and oxygen atoms in total. The van der Waals surface area contributed by atoms with Crippen LogP contribution in [0, 0.1) is 0 Å². The summed E-state index contributed by atoms with van der Waals surface area (Å²) in [6.07, 6.45) is 2.25. The zero-order valence-electron chi connectivity index (χ0n) is 19.6. The number of rotatable bonds is 10. The summed E-state index contributed by atoms with van der Waals surface area (Å²) in [5.74, 6) is 1.34. The van der Waals surface area contributed by atoms with Gasteiger partial charge < -0.3 is 14.8 Å². The van der Waals surface area contributed by atoms with Gasteiger partial charge in [0.1, 0.15) is 18.1 Å². The Kier molecular flexibility index (Phi) is 8.74. The van der Waals surface area contributed by atoms with E-state index >= 15 is 0 Å². The molecule has 0 spiro atoms. The van der Waals surface area contributed by atoms with Gasteiger partial charge >= 0.3 is 0 Å². The Morgan fingerprint density at radius 3 is 2.33 bits per heavy atom. The van der Waals surface area contributed by atoms with Crippen molar-refractivity contribution in [2.45, 2.75) is 57.0 Å². The van der Waals surface area contributed by atoms with E-state index in [4.69, 9.17) is 9.47 Å². The molecular weight excluding hydrogens is 440 g/mol. The normalized spacial score (nSPS) is 15.8. The third kappa shape index (κ3) is 6.71. The van der Waals surface area contributed by atoms with Gasteiger partial charge in [-0.25, -0.2) is 8.42 Å². The van der Waals surface area contributed by atoms with Crippen molar-refractivity contribution < 1.29 is 22.7 Å². The summed E-state index contributed by atoms with van der Waals surface area (Å²) in [5, 5.41) is 2.81. The van der Waals surface area contributed by atoms with Crippen LogP contribution < -0.4 is 14.8 Å². The van der Waals surface area contributed by atoms with Gasteiger partial charge in [-0.1, -0.05) is 38.5 Å². The standard InChI is InChI=1S/C25H34N2O5S/c1-19(2)23-9-5-6-10-24(23)32-20(3)25(28)26-15-18-31-21-11-13-22(14-12-21)33(29,30)27-16-7-4-8-17-27/h5-6,9-14,19-20H,4,7-8,15-18H2,1-3H3,(H,26,28)/t20-/m0/s1. The third-order valence-electron chi connectivity index (χ3n) is 5.66. The Morgan fingerprint density at radius 1 is 1.00 bits per heavy atom. The maximum Gasteiger partial charge on any atom is 0.260 e. The predicted octanol–water partition coefficient (Wildman–Crippen LogP) is 3.95. The van der Waals surface area contributed by atoms with E-state index in [1.165, 1.54) is 0 Å². The summed E-state index contributed by atoms with van der Waals surface area (Å²) >= 11 is 0. The van der Waals surface area contributed by atoms with Gasteiger partial charge in [-0.3, -0.25) is 4.79 Å². The second kappa shape index (κ2) is 11.5. The average molecular weight is 475 g/mol. The van der Waals surface area contributed by atoms with Crippen molar-refractivity contribution in [3.05, 3.63) is 54.1 Å². The molecule has 1 amide bonds. The van der Waals surface area contributed by atoms with Gasteiger partial charge in [-0.2, -0.15) is 4.31 Å². The molecule has 1 fully saturated rings. The van der Waals surface area contributed by atoms with Gasteiger partial charge in [0.25, 0.3) is 5.91 Å². The maximum absolute atomic E-state index is 12.7. The first-order valence-electron chi connectivity index (χ1n) is 11.6. The Balaban J connectivity index is 1.44. The van der Waals surface area contributed by atoms with Crippen LogP contribution in [0.4, 0.5) is 0 Å². The molecule has 0 bridgehead atoms. The number of nitrogens with zero attached hydrogens (tertiary/aromatic N) is 1. The minimum absolute atomic E-state index is 0.222. The van der Waals surface area contributed by atoms with E-state index in [9.17, 15) is 13.2 Å².